The number of aryl methyl sites for hydroxylation is 1. The smallest absolute Gasteiger partial charge is 0.224 e. The third-order valence-electron chi connectivity index (χ3n) is 3.69. The average molecular weight is 278 g/mol. The van der Waals surface area contributed by atoms with E-state index in [-0.39, 0.29) is 5.91 Å². The van der Waals surface area contributed by atoms with E-state index in [0.29, 0.717) is 12.6 Å². The molecule has 19 heavy (non-hydrogen) atoms. The lowest BCUT2D eigenvalue weighted by Crippen LogP contribution is -2.42. The predicted molar refractivity (Wildman–Crippen MR) is 81.2 cm³/mol. The van der Waals surface area contributed by atoms with E-state index in [1.165, 1.54) is 11.1 Å². The fourth-order valence-corrected chi connectivity index (χ4v) is 3.27. The van der Waals surface area contributed by atoms with Gasteiger partial charge in [-0.2, -0.15) is 11.8 Å². The third-order valence-corrected chi connectivity index (χ3v) is 4.75. The highest BCUT2D eigenvalue weighted by Crippen LogP contribution is 2.28. The van der Waals surface area contributed by atoms with Crippen LogP contribution in [0.4, 0.5) is 0 Å². The number of primary amides is 1. The molecule has 1 aliphatic rings. The van der Waals surface area contributed by atoms with E-state index >= 15 is 0 Å². The van der Waals surface area contributed by atoms with Crippen molar-refractivity contribution in [3.8, 4) is 0 Å². The van der Waals surface area contributed by atoms with E-state index in [2.05, 4.69) is 29.6 Å². The number of hydrogen-bond acceptors (Lipinski definition) is 3. The second-order valence-electron chi connectivity index (χ2n) is 5.71. The van der Waals surface area contributed by atoms with Gasteiger partial charge in [0.15, 0.2) is 0 Å². The first-order valence-corrected chi connectivity index (χ1v) is 7.85. The van der Waals surface area contributed by atoms with Gasteiger partial charge in [-0.3, -0.25) is 4.79 Å². The first kappa shape index (κ1) is 14.4. The normalized spacial score (nSPS) is 19.6. The topological polar surface area (TPSA) is 55.1 Å². The molecule has 1 aromatic carbocycles. The number of hydrogen-bond donors (Lipinski definition) is 2. The standard InChI is InChI=1S/C15H22N2OS/c1-15(2,14(16)18)10-17-13-9-19-8-7-11-5-3-4-6-12(11)13/h3-6,13,17H,7-10H2,1-2H3,(H2,16,18)/t13-/m0/s1. The van der Waals surface area contributed by atoms with Gasteiger partial charge in [-0.1, -0.05) is 24.3 Å². The van der Waals surface area contributed by atoms with Gasteiger partial charge in [0.25, 0.3) is 0 Å². The number of amides is 1. The summed E-state index contributed by atoms with van der Waals surface area (Å²) in [4.78, 5) is 11.4. The SMILES string of the molecule is CC(C)(CN[C@H]1CSCCc2ccccc21)C(N)=O. The Balaban J connectivity index is 2.10. The molecule has 3 N–H and O–H groups in total. The minimum atomic E-state index is -0.508. The summed E-state index contributed by atoms with van der Waals surface area (Å²) in [5, 5.41) is 3.52. The summed E-state index contributed by atoms with van der Waals surface area (Å²) in [6, 6.07) is 8.88. The minimum Gasteiger partial charge on any atom is -0.369 e. The van der Waals surface area contributed by atoms with Crippen molar-refractivity contribution in [3.63, 3.8) is 0 Å². The van der Waals surface area contributed by atoms with Gasteiger partial charge < -0.3 is 11.1 Å². The van der Waals surface area contributed by atoms with E-state index < -0.39 is 5.41 Å². The highest BCUT2D eigenvalue weighted by atomic mass is 32.2. The monoisotopic (exact) mass is 278 g/mol. The zero-order valence-corrected chi connectivity index (χ0v) is 12.4. The number of carbonyl (C=O) groups is 1. The first-order valence-electron chi connectivity index (χ1n) is 6.69. The molecule has 3 nitrogen and oxygen atoms in total. The number of thioether (sulfide) groups is 1. The molecule has 0 radical (unpaired) electrons. The van der Waals surface area contributed by atoms with Crippen LogP contribution in [0.2, 0.25) is 0 Å². The first-order chi connectivity index (χ1) is 9.00. The van der Waals surface area contributed by atoms with Gasteiger partial charge in [0.05, 0.1) is 5.41 Å². The van der Waals surface area contributed by atoms with Crippen molar-refractivity contribution in [3.05, 3.63) is 35.4 Å². The van der Waals surface area contributed by atoms with E-state index in [9.17, 15) is 4.79 Å². The Labute approximate surface area is 119 Å². The Morgan fingerprint density at radius 2 is 2.21 bits per heavy atom. The zero-order valence-electron chi connectivity index (χ0n) is 11.6. The van der Waals surface area contributed by atoms with Crippen LogP contribution >= 0.6 is 11.8 Å². The molecule has 2 rings (SSSR count). The van der Waals surface area contributed by atoms with Crippen LogP contribution in [0.3, 0.4) is 0 Å². The maximum absolute atomic E-state index is 11.4. The Kier molecular flexibility index (Phi) is 4.53. The maximum Gasteiger partial charge on any atom is 0.224 e. The fourth-order valence-electron chi connectivity index (χ4n) is 2.21. The highest BCUT2D eigenvalue weighted by molar-refractivity contribution is 7.99. The van der Waals surface area contributed by atoms with Crippen LogP contribution in [-0.2, 0) is 11.2 Å². The van der Waals surface area contributed by atoms with Gasteiger partial charge in [0, 0.05) is 18.3 Å². The molecule has 1 heterocycles. The van der Waals surface area contributed by atoms with Crippen LogP contribution in [-0.4, -0.2) is 24.0 Å². The third kappa shape index (κ3) is 3.51. The number of rotatable bonds is 4. The zero-order chi connectivity index (χ0) is 13.9. The lowest BCUT2D eigenvalue weighted by molar-refractivity contribution is -0.125. The number of fused-ring (bicyclic) bond motifs is 1. The van der Waals surface area contributed by atoms with Crippen molar-refractivity contribution < 1.29 is 4.79 Å². The van der Waals surface area contributed by atoms with E-state index in [0.717, 1.165) is 17.9 Å². The van der Waals surface area contributed by atoms with Gasteiger partial charge in [-0.25, -0.2) is 0 Å². The molecular formula is C15H22N2OS. The van der Waals surface area contributed by atoms with Crippen molar-refractivity contribution in [2.24, 2.45) is 11.1 Å². The molecule has 1 aromatic rings. The molecule has 4 heteroatoms. The molecule has 0 spiro atoms. The van der Waals surface area contributed by atoms with Crippen LogP contribution < -0.4 is 11.1 Å². The van der Waals surface area contributed by atoms with Gasteiger partial charge in [0.2, 0.25) is 5.91 Å². The lowest BCUT2D eigenvalue weighted by Gasteiger charge is -2.26. The van der Waals surface area contributed by atoms with E-state index in [1.54, 1.807) is 0 Å². The van der Waals surface area contributed by atoms with Crippen molar-refractivity contribution in [1.29, 1.82) is 0 Å². The summed E-state index contributed by atoms with van der Waals surface area (Å²) in [6.45, 7) is 4.39. The molecule has 1 amide bonds. The summed E-state index contributed by atoms with van der Waals surface area (Å²) in [7, 11) is 0. The molecular weight excluding hydrogens is 256 g/mol. The van der Waals surface area contributed by atoms with Crippen LogP contribution in [0.5, 0.6) is 0 Å². The molecule has 0 fully saturated rings. The number of nitrogens with two attached hydrogens (primary N) is 1. The van der Waals surface area contributed by atoms with Crippen LogP contribution in [0.25, 0.3) is 0 Å². The molecule has 0 aliphatic carbocycles. The van der Waals surface area contributed by atoms with Crippen LogP contribution in [0, 0.1) is 5.41 Å². The summed E-state index contributed by atoms with van der Waals surface area (Å²) in [5.74, 6) is 1.95. The van der Waals surface area contributed by atoms with Crippen molar-refractivity contribution >= 4 is 17.7 Å². The summed E-state index contributed by atoms with van der Waals surface area (Å²) >= 11 is 1.96. The molecule has 0 unspecified atom stereocenters. The Morgan fingerprint density at radius 3 is 2.95 bits per heavy atom. The van der Waals surface area contributed by atoms with Crippen molar-refractivity contribution in [2.45, 2.75) is 26.3 Å². The molecule has 104 valence electrons. The largest absolute Gasteiger partial charge is 0.369 e. The van der Waals surface area contributed by atoms with Gasteiger partial charge in [-0.05, 0) is 37.1 Å². The molecule has 1 aliphatic heterocycles. The fraction of sp³-hybridized carbons (Fsp3) is 0.533. The van der Waals surface area contributed by atoms with Crippen LogP contribution in [0.15, 0.2) is 24.3 Å². The van der Waals surface area contributed by atoms with Gasteiger partial charge >= 0.3 is 0 Å². The number of nitrogens with one attached hydrogen (secondary N) is 1. The van der Waals surface area contributed by atoms with Crippen molar-refractivity contribution in [2.75, 3.05) is 18.1 Å². The van der Waals surface area contributed by atoms with Gasteiger partial charge in [-0.15, -0.1) is 0 Å². The maximum atomic E-state index is 11.4. The Morgan fingerprint density at radius 1 is 1.47 bits per heavy atom. The molecule has 0 saturated carbocycles. The Bertz CT molecular complexity index is 459. The van der Waals surface area contributed by atoms with Gasteiger partial charge in [0.1, 0.15) is 0 Å². The number of carbonyl (C=O) groups excluding carboxylic acids is 1. The second-order valence-corrected chi connectivity index (χ2v) is 6.86. The number of benzene rings is 1. The lowest BCUT2D eigenvalue weighted by atomic mass is 9.91. The quantitative estimate of drug-likeness (QED) is 0.887. The van der Waals surface area contributed by atoms with E-state index in [4.69, 9.17) is 5.73 Å². The predicted octanol–water partition coefficient (Wildman–Crippen LogP) is 2.12. The highest BCUT2D eigenvalue weighted by Gasteiger charge is 2.27. The average Bonchev–Trinajstić information content (AvgIpc) is 2.58. The van der Waals surface area contributed by atoms with Crippen molar-refractivity contribution in [1.82, 2.24) is 5.32 Å². The molecule has 0 bridgehead atoms. The summed E-state index contributed by atoms with van der Waals surface area (Å²) < 4.78 is 0. The molecule has 0 aromatic heterocycles. The minimum absolute atomic E-state index is 0.255. The molecule has 1 atom stereocenters. The molecule has 0 saturated heterocycles. The summed E-state index contributed by atoms with van der Waals surface area (Å²) in [6.07, 6.45) is 1.12. The second kappa shape index (κ2) is 5.97. The Hall–Kier alpha value is -1.00. The summed E-state index contributed by atoms with van der Waals surface area (Å²) in [5.41, 5.74) is 7.71. The van der Waals surface area contributed by atoms with E-state index in [1.807, 2.05) is 25.6 Å². The van der Waals surface area contributed by atoms with Crippen LogP contribution in [0.1, 0.15) is 31.0 Å².